The molecule has 130 heavy (non-hydrogen) atoms. The smallest absolute Gasteiger partial charge is 0.343 e. The number of aromatic carboxylic acids is 2. The van der Waals surface area contributed by atoms with Gasteiger partial charge in [0.2, 0.25) is 0 Å². The second-order valence-corrected chi connectivity index (χ2v) is 32.9. The second-order valence-electron chi connectivity index (χ2n) is 32.6. The van der Waals surface area contributed by atoms with Crippen molar-refractivity contribution in [2.24, 2.45) is 17.8 Å². The first-order valence-electron chi connectivity index (χ1n) is 44.6. The van der Waals surface area contributed by atoms with Gasteiger partial charge in [-0.15, -0.1) is 0 Å². The zero-order valence-corrected chi connectivity index (χ0v) is 75.1. The van der Waals surface area contributed by atoms with E-state index in [1.54, 1.807) is 72.8 Å². The molecule has 6 aliphatic heterocycles. The number of esters is 4. The number of carboxylic acid groups (broad SMARTS) is 2. The van der Waals surface area contributed by atoms with E-state index < -0.39 is 71.4 Å². The number of hydrogen-bond acceptors (Lipinski definition) is 24. The fourth-order valence-corrected chi connectivity index (χ4v) is 14.9. The second kappa shape index (κ2) is 53.3. The number of aliphatic hydroxyl groups is 3. The highest BCUT2D eigenvalue weighted by Gasteiger charge is 2.52. The number of ether oxygens (including phenoxy) is 10. The molecule has 26 nitrogen and oxygen atoms in total. The summed E-state index contributed by atoms with van der Waals surface area (Å²) in [5.74, 6) is -1.42. The Labute approximate surface area is 764 Å². The third-order valence-corrected chi connectivity index (χ3v) is 22.6. The summed E-state index contributed by atoms with van der Waals surface area (Å²) in [5.41, 5.74) is 9.46. The monoisotopic (exact) mass is 1810 g/mol. The number of carboxylic acids is 2. The molecule has 3 unspecified atom stereocenters. The van der Waals surface area contributed by atoms with E-state index in [1.165, 1.54) is 141 Å². The molecule has 0 amide bonds. The van der Waals surface area contributed by atoms with E-state index in [4.69, 9.17) is 98.9 Å². The van der Waals surface area contributed by atoms with Crippen molar-refractivity contribution in [1.29, 1.82) is 0 Å². The molecule has 15 rings (SSSR count). The molecule has 6 aliphatic rings. The van der Waals surface area contributed by atoms with Gasteiger partial charge in [0.05, 0.1) is 85.8 Å². The van der Waals surface area contributed by atoms with Crippen molar-refractivity contribution < 1.29 is 126 Å². The van der Waals surface area contributed by atoms with Crippen LogP contribution >= 0.6 is 11.6 Å². The van der Waals surface area contributed by atoms with Crippen LogP contribution in [0.2, 0.25) is 0 Å². The summed E-state index contributed by atoms with van der Waals surface area (Å²) in [7, 11) is 0. The van der Waals surface area contributed by atoms with Crippen LogP contribution in [0.1, 0.15) is 200 Å². The fourth-order valence-electron chi connectivity index (χ4n) is 14.8. The predicted molar refractivity (Wildman–Crippen MR) is 485 cm³/mol. The number of fused-ring (bicyclic) bond motifs is 3. The van der Waals surface area contributed by atoms with Gasteiger partial charge in [0, 0.05) is 17.4 Å². The van der Waals surface area contributed by atoms with E-state index in [-0.39, 0.29) is 74.3 Å². The summed E-state index contributed by atoms with van der Waals surface area (Å²) < 4.78 is 54.5. The van der Waals surface area contributed by atoms with Crippen LogP contribution < -0.4 is 28.7 Å². The summed E-state index contributed by atoms with van der Waals surface area (Å²) in [5, 5.41) is 45.0. The van der Waals surface area contributed by atoms with Crippen molar-refractivity contribution in [3.63, 3.8) is 0 Å². The van der Waals surface area contributed by atoms with Crippen LogP contribution in [0.25, 0.3) is 0 Å². The van der Waals surface area contributed by atoms with Crippen LogP contribution in [-0.2, 0) is 68.7 Å². The van der Waals surface area contributed by atoms with Crippen LogP contribution in [0.15, 0.2) is 218 Å². The minimum atomic E-state index is -1.01. The van der Waals surface area contributed by atoms with Crippen molar-refractivity contribution >= 4 is 52.7 Å². The Morgan fingerprint density at radius 2 is 0.569 bits per heavy atom. The number of halogens is 1. The standard InChI is InChI=1S/C33H36O8.C19H20O4.C18H26O5.C15H11ClO3.C12H16O2.C6H10O4/c1-3-4-5-6-23-9-13-28(14-10-23)41-38-20-25-19-36-31-29(21-37-30(25)31)33(35)40-27-17-15-26(16-18-27)39-32(34)24-11-7-22(2)8-12-24;1-2-3-4-5-14-6-8-16(9-7-14)19(22)23-17-12-10-15(11-13-17)18(20)21;1-2-3-4-5-13-6-8-15(9-7-13)23-22-11-14-10-20-18-16(19)12-21-17(14)18;1-10-2-4-12(5-3-10)15(18)19-13-8-6-11(7-9-13)14(16)17;1-2-3-4-5-10-6-8-11(9-7-10)12(13)14;7-3-1-9-6-4(8)2-10-5(3)6/h7-18,25,29-31H,3-6,19-21H2,1-2H3;6-13H,2-5H2,1H3,(H,20,21);6-9,14,16-19H,2-5,10-12H2,1H3;2-9H,1H3;6-9H,2-5H2,1H3,(H,13,14);3-8H,1-2H2/t25?,29?,30-,31-;;14?,16-,17-,18-;;;3-,4+,5-,6-/m1.1..1/s1. The maximum absolute atomic E-state index is 12.9. The van der Waals surface area contributed by atoms with Crippen molar-refractivity contribution in [3.8, 4) is 34.5 Å². The van der Waals surface area contributed by atoms with Gasteiger partial charge in [0.15, 0.2) is 11.5 Å². The average molecular weight is 1810 g/mol. The van der Waals surface area contributed by atoms with Crippen LogP contribution in [-0.4, -0.2) is 174 Å². The largest absolute Gasteiger partial charge is 0.478 e. The Balaban J connectivity index is 0.000000171. The molecular formula is C103H119ClO26. The number of unbranched alkanes of at least 4 members (excludes halogenated alkanes) is 8. The number of hydrogen-bond donors (Lipinski definition) is 5. The number of benzene rings is 9. The van der Waals surface area contributed by atoms with E-state index in [1.807, 2.05) is 86.6 Å². The molecule has 9 aromatic rings. The Morgan fingerprint density at radius 3 is 0.915 bits per heavy atom. The van der Waals surface area contributed by atoms with Gasteiger partial charge in [-0.05, 0) is 245 Å². The molecule has 0 saturated carbocycles. The first-order chi connectivity index (χ1) is 62.9. The van der Waals surface area contributed by atoms with Crippen molar-refractivity contribution in [3.05, 3.63) is 285 Å². The van der Waals surface area contributed by atoms with E-state index in [0.29, 0.717) is 88.7 Å². The maximum atomic E-state index is 12.9. The molecular weight excluding hydrogens is 1690 g/mol. The zero-order valence-electron chi connectivity index (χ0n) is 74.4. The summed E-state index contributed by atoms with van der Waals surface area (Å²) in [6.45, 7) is 15.4. The molecule has 12 atom stereocenters. The Bertz CT molecular complexity index is 4920. The highest BCUT2D eigenvalue weighted by Crippen LogP contribution is 2.37. The lowest BCUT2D eigenvalue weighted by molar-refractivity contribution is -0.220. The number of carbonyl (C=O) groups excluding carboxylic acids is 5. The van der Waals surface area contributed by atoms with Gasteiger partial charge < -0.3 is 82.7 Å². The molecule has 6 heterocycles. The van der Waals surface area contributed by atoms with Gasteiger partial charge in [0.25, 0.3) is 5.24 Å². The van der Waals surface area contributed by atoms with Crippen molar-refractivity contribution in [2.75, 3.05) is 52.9 Å². The van der Waals surface area contributed by atoms with Gasteiger partial charge in [-0.2, -0.15) is 9.78 Å². The number of rotatable bonds is 35. The lowest BCUT2D eigenvalue weighted by Gasteiger charge is -2.16. The highest BCUT2D eigenvalue weighted by molar-refractivity contribution is 6.67. The molecule has 0 aromatic heterocycles. The number of aliphatic hydroxyl groups excluding tert-OH is 3. The zero-order chi connectivity index (χ0) is 92.7. The van der Waals surface area contributed by atoms with E-state index in [9.17, 15) is 38.7 Å². The summed E-state index contributed by atoms with van der Waals surface area (Å²) in [6.07, 6.45) is 15.5. The Kier molecular flexibility index (Phi) is 41.4. The van der Waals surface area contributed by atoms with Crippen LogP contribution in [0.4, 0.5) is 0 Å². The van der Waals surface area contributed by atoms with Gasteiger partial charge in [-0.1, -0.05) is 163 Å². The topological polar surface area (TPSA) is 350 Å². The van der Waals surface area contributed by atoms with Gasteiger partial charge >= 0.3 is 35.8 Å². The third-order valence-electron chi connectivity index (χ3n) is 22.4. The van der Waals surface area contributed by atoms with E-state index in [0.717, 1.165) is 43.2 Å². The minimum Gasteiger partial charge on any atom is -0.478 e. The van der Waals surface area contributed by atoms with Gasteiger partial charge in [-0.3, -0.25) is 9.59 Å². The molecule has 0 spiro atoms. The average Bonchev–Trinajstić information content (AvgIpc) is 1.64. The van der Waals surface area contributed by atoms with Crippen LogP contribution in [0.3, 0.4) is 0 Å². The maximum Gasteiger partial charge on any atom is 0.343 e. The van der Waals surface area contributed by atoms with E-state index in [2.05, 4.69) is 52.0 Å². The van der Waals surface area contributed by atoms with Crippen molar-refractivity contribution in [2.45, 2.75) is 199 Å². The van der Waals surface area contributed by atoms with Gasteiger partial charge in [-0.25, -0.2) is 24.0 Å². The Morgan fingerprint density at radius 1 is 0.308 bits per heavy atom. The van der Waals surface area contributed by atoms with Crippen molar-refractivity contribution in [1.82, 2.24) is 0 Å². The predicted octanol–water partition coefficient (Wildman–Crippen LogP) is 18.0. The lowest BCUT2D eigenvalue weighted by Crippen LogP contribution is -2.34. The highest BCUT2D eigenvalue weighted by atomic mass is 35.5. The van der Waals surface area contributed by atoms with Crippen LogP contribution in [0, 0.1) is 31.6 Å². The minimum absolute atomic E-state index is 0.0615. The number of aryl methyl sites for hydroxylation is 6. The first kappa shape index (κ1) is 101. The molecule has 9 aromatic carbocycles. The SMILES string of the molecule is CCCCCc1ccc(C(=O)O)cc1.CCCCCc1ccc(C(=O)Oc2ccc(C(=O)O)cc2)cc1.CCCCCc1ccc(OOCC2CO[C@@H]3C(C(=O)Oc4ccc(OC(=O)c5ccc(C)cc5)cc4)CO[C@H]23)cc1.CCCCCc1ccc(OOCC2CO[C@@H]3[C@H](O)CO[C@H]23)cc1.Cc1ccc(C(=O)Oc2ccc(C(=O)Cl)cc2)cc1.O[C@@H]1CO[C@H]2[C@@H]1OC[C@@H]2O. The molecule has 0 radical (unpaired) electrons. The number of carbonyl (C=O) groups is 7. The summed E-state index contributed by atoms with van der Waals surface area (Å²) >= 11 is 5.33. The molecule has 694 valence electrons. The normalized spacial score (nSPS) is 20.4. The quantitative estimate of drug-likeness (QED) is 0.00615. The molecule has 0 aliphatic carbocycles. The molecule has 6 saturated heterocycles. The lowest BCUT2D eigenvalue weighted by atomic mass is 9.97. The summed E-state index contributed by atoms with van der Waals surface area (Å²) in [4.78, 5) is 103. The van der Waals surface area contributed by atoms with Crippen LogP contribution in [0.5, 0.6) is 34.5 Å². The van der Waals surface area contributed by atoms with Gasteiger partial charge in [0.1, 0.15) is 78.8 Å². The molecule has 5 N–H and O–H groups in total. The van der Waals surface area contributed by atoms with E-state index >= 15 is 0 Å². The molecule has 6 fully saturated rings. The summed E-state index contributed by atoms with van der Waals surface area (Å²) in [6, 6.07) is 62.9. The Hall–Kier alpha value is -11.1. The first-order valence-corrected chi connectivity index (χ1v) is 45.0. The third kappa shape index (κ3) is 32.2. The fraction of sp³-hybridized carbons (Fsp3) is 0.408. The molecule has 0 bridgehead atoms. The molecule has 27 heteroatoms.